The van der Waals surface area contributed by atoms with Crippen LogP contribution in [0.15, 0.2) is 97.2 Å². The highest BCUT2D eigenvalue weighted by Gasteiger charge is 2.19. The lowest BCUT2D eigenvalue weighted by atomic mass is 10.1. The van der Waals surface area contributed by atoms with Crippen LogP contribution >= 0.6 is 0 Å². The maximum atomic E-state index is 12.8. The zero-order chi connectivity index (χ0) is 47.2. The van der Waals surface area contributed by atoms with Crippen molar-refractivity contribution in [1.82, 2.24) is 0 Å². The van der Waals surface area contributed by atoms with Gasteiger partial charge in [-0.1, -0.05) is 201 Å². The van der Waals surface area contributed by atoms with Gasteiger partial charge in [-0.05, 0) is 116 Å². The van der Waals surface area contributed by atoms with Gasteiger partial charge in [0.1, 0.15) is 13.2 Å². The van der Waals surface area contributed by atoms with Gasteiger partial charge in [-0.15, -0.1) is 0 Å². The van der Waals surface area contributed by atoms with E-state index in [4.69, 9.17) is 14.2 Å². The average Bonchev–Trinajstić information content (AvgIpc) is 3.30. The molecule has 1 atom stereocenters. The molecule has 0 fully saturated rings. The van der Waals surface area contributed by atoms with Crippen molar-refractivity contribution in [3.8, 4) is 0 Å². The smallest absolute Gasteiger partial charge is 0.306 e. The van der Waals surface area contributed by atoms with E-state index < -0.39 is 6.10 Å². The number of unbranched alkanes of at least 4 members (excludes halogenated alkanes) is 20. The minimum absolute atomic E-state index is 0.115. The normalized spacial score (nSPS) is 12.8. The summed E-state index contributed by atoms with van der Waals surface area (Å²) in [4.78, 5) is 38.0. The number of allylic oxidation sites excluding steroid dienone is 16. The van der Waals surface area contributed by atoms with Gasteiger partial charge >= 0.3 is 17.9 Å². The fourth-order valence-corrected chi connectivity index (χ4v) is 7.03. The lowest BCUT2D eigenvalue weighted by Crippen LogP contribution is -2.30. The summed E-state index contributed by atoms with van der Waals surface area (Å²) in [5.41, 5.74) is 0. The van der Waals surface area contributed by atoms with Crippen molar-refractivity contribution in [3.63, 3.8) is 0 Å². The van der Waals surface area contributed by atoms with Gasteiger partial charge in [-0.25, -0.2) is 0 Å². The van der Waals surface area contributed by atoms with Crippen molar-refractivity contribution in [2.45, 2.75) is 245 Å². The monoisotopic (exact) mass is 903 g/mol. The summed E-state index contributed by atoms with van der Waals surface area (Å²) < 4.78 is 16.7. The molecule has 0 aliphatic rings. The van der Waals surface area contributed by atoms with E-state index in [0.29, 0.717) is 19.3 Å². The van der Waals surface area contributed by atoms with Gasteiger partial charge in [0.2, 0.25) is 0 Å². The predicted molar refractivity (Wildman–Crippen MR) is 279 cm³/mol. The zero-order valence-corrected chi connectivity index (χ0v) is 42.2. The molecule has 0 aromatic rings. The Balaban J connectivity index is 4.54. The Kier molecular flexibility index (Phi) is 50.0. The summed E-state index contributed by atoms with van der Waals surface area (Å²) in [6.45, 7) is 6.42. The Bertz CT molecular complexity index is 1310. The Labute approximate surface area is 400 Å². The minimum Gasteiger partial charge on any atom is -0.462 e. The maximum Gasteiger partial charge on any atom is 0.306 e. The molecule has 65 heavy (non-hydrogen) atoms. The number of ether oxygens (including phenoxy) is 3. The number of carbonyl (C=O) groups excluding carboxylic acids is 3. The molecule has 0 radical (unpaired) electrons. The van der Waals surface area contributed by atoms with Crippen molar-refractivity contribution in [2.75, 3.05) is 13.2 Å². The van der Waals surface area contributed by atoms with Crippen molar-refractivity contribution in [1.29, 1.82) is 0 Å². The van der Waals surface area contributed by atoms with E-state index in [2.05, 4.69) is 118 Å². The highest BCUT2D eigenvalue weighted by molar-refractivity contribution is 5.71. The second kappa shape index (κ2) is 52.9. The van der Waals surface area contributed by atoms with Crippen molar-refractivity contribution >= 4 is 17.9 Å². The second-order valence-electron chi connectivity index (χ2n) is 17.4. The van der Waals surface area contributed by atoms with Crippen LogP contribution in [0.2, 0.25) is 0 Å². The van der Waals surface area contributed by atoms with Crippen LogP contribution in [0.4, 0.5) is 0 Å². The Morgan fingerprint density at radius 1 is 0.323 bits per heavy atom. The van der Waals surface area contributed by atoms with Gasteiger partial charge in [-0.2, -0.15) is 0 Å². The molecule has 0 heterocycles. The van der Waals surface area contributed by atoms with Crippen molar-refractivity contribution in [2.24, 2.45) is 0 Å². The first kappa shape index (κ1) is 61.3. The van der Waals surface area contributed by atoms with E-state index in [9.17, 15) is 14.4 Å². The van der Waals surface area contributed by atoms with Crippen LogP contribution in [-0.2, 0) is 28.6 Å². The number of hydrogen-bond donors (Lipinski definition) is 0. The van der Waals surface area contributed by atoms with Crippen LogP contribution in [0.3, 0.4) is 0 Å². The highest BCUT2D eigenvalue weighted by atomic mass is 16.6. The first-order chi connectivity index (χ1) is 32.0. The molecule has 0 unspecified atom stereocenters. The SMILES string of the molecule is CC/C=C\C/C=C\C/C=C\C/C=C\CCCCC(=O)O[C@H](COC(=O)CCC/C=C\C/C=C\C/C=C\CCCCCCCC)COC(=O)CCCCCCC/C=C\CCCCCCCC. The van der Waals surface area contributed by atoms with E-state index in [1.54, 1.807) is 0 Å². The average molecular weight is 903 g/mol. The van der Waals surface area contributed by atoms with E-state index in [1.807, 2.05) is 0 Å². The fraction of sp³-hybridized carbons (Fsp3) is 0.678. The third-order valence-electron chi connectivity index (χ3n) is 11.0. The van der Waals surface area contributed by atoms with Crippen LogP contribution in [0.1, 0.15) is 239 Å². The third kappa shape index (κ3) is 51.2. The van der Waals surface area contributed by atoms with Gasteiger partial charge < -0.3 is 14.2 Å². The predicted octanol–water partition coefficient (Wildman–Crippen LogP) is 17.8. The van der Waals surface area contributed by atoms with Gasteiger partial charge in [0.05, 0.1) is 0 Å². The van der Waals surface area contributed by atoms with Gasteiger partial charge in [0, 0.05) is 19.3 Å². The summed E-state index contributed by atoms with van der Waals surface area (Å²) in [6, 6.07) is 0. The molecule has 0 spiro atoms. The van der Waals surface area contributed by atoms with Crippen molar-refractivity contribution in [3.05, 3.63) is 97.2 Å². The molecule has 0 saturated carbocycles. The first-order valence-corrected chi connectivity index (χ1v) is 26.7. The van der Waals surface area contributed by atoms with E-state index in [-0.39, 0.29) is 44.0 Å². The molecule has 0 aromatic carbocycles. The van der Waals surface area contributed by atoms with Gasteiger partial charge in [0.15, 0.2) is 6.10 Å². The molecular weight excluding hydrogens is 805 g/mol. The zero-order valence-electron chi connectivity index (χ0n) is 42.2. The van der Waals surface area contributed by atoms with Gasteiger partial charge in [-0.3, -0.25) is 14.4 Å². The Morgan fingerprint density at radius 2 is 0.615 bits per heavy atom. The van der Waals surface area contributed by atoms with Gasteiger partial charge in [0.25, 0.3) is 0 Å². The molecule has 0 aliphatic carbocycles. The maximum absolute atomic E-state index is 12.8. The first-order valence-electron chi connectivity index (χ1n) is 26.7. The lowest BCUT2D eigenvalue weighted by Gasteiger charge is -2.18. The summed E-state index contributed by atoms with van der Waals surface area (Å²) in [5.74, 6) is -1.02. The molecule has 370 valence electrons. The van der Waals surface area contributed by atoms with Crippen LogP contribution in [0, 0.1) is 0 Å². The third-order valence-corrected chi connectivity index (χ3v) is 11.0. The topological polar surface area (TPSA) is 78.9 Å². The van der Waals surface area contributed by atoms with Crippen molar-refractivity contribution < 1.29 is 28.6 Å². The standard InChI is InChI=1S/C59H98O6/c1-4-7-10-13-16-19-22-25-28-29-32-34-37-40-43-46-49-52-58(61)64-55-56(65-59(62)53-50-47-44-41-38-35-31-27-24-21-18-15-12-9-6-3)54-63-57(60)51-48-45-42-39-36-33-30-26-23-20-17-14-11-8-5-2/h9,12,18,21,25-28,30-32,34,38,40-41,43,56H,4-8,10-11,13-17,19-20,22-24,29,33,35-37,39,42,44-55H2,1-3H3/b12-9-,21-18-,28-25-,30-26-,31-27-,34-32-,41-38-,43-40-/t56-/m0/s1. The molecule has 0 amide bonds. The number of carbonyl (C=O) groups is 3. The molecule has 0 rings (SSSR count). The van der Waals surface area contributed by atoms with E-state index in [0.717, 1.165) is 89.9 Å². The fourth-order valence-electron chi connectivity index (χ4n) is 7.03. The Hall–Kier alpha value is -3.67. The molecule has 0 aromatic heterocycles. The summed E-state index contributed by atoms with van der Waals surface area (Å²) in [7, 11) is 0. The summed E-state index contributed by atoms with van der Waals surface area (Å²) >= 11 is 0. The molecule has 0 N–H and O–H groups in total. The second-order valence-corrected chi connectivity index (χ2v) is 17.4. The van der Waals surface area contributed by atoms with Crippen LogP contribution < -0.4 is 0 Å². The molecule has 0 bridgehead atoms. The number of esters is 3. The molecule has 0 saturated heterocycles. The highest BCUT2D eigenvalue weighted by Crippen LogP contribution is 2.13. The van der Waals surface area contributed by atoms with Crippen LogP contribution in [-0.4, -0.2) is 37.2 Å². The van der Waals surface area contributed by atoms with E-state index >= 15 is 0 Å². The summed E-state index contributed by atoms with van der Waals surface area (Å²) in [6.07, 6.45) is 69.7. The molecule has 6 heteroatoms. The quantitative estimate of drug-likeness (QED) is 0.0262. The van der Waals surface area contributed by atoms with Crippen LogP contribution in [0.25, 0.3) is 0 Å². The molecular formula is C59H98O6. The number of rotatable bonds is 47. The lowest BCUT2D eigenvalue weighted by molar-refractivity contribution is -0.167. The van der Waals surface area contributed by atoms with Crippen LogP contribution in [0.5, 0.6) is 0 Å². The largest absolute Gasteiger partial charge is 0.462 e. The Morgan fingerprint density at radius 3 is 1.05 bits per heavy atom. The summed E-state index contributed by atoms with van der Waals surface area (Å²) in [5, 5.41) is 0. The molecule has 6 nitrogen and oxygen atoms in total. The molecule has 0 aliphatic heterocycles. The van der Waals surface area contributed by atoms with E-state index in [1.165, 1.54) is 96.3 Å². The number of hydrogen-bond acceptors (Lipinski definition) is 6. The minimum atomic E-state index is -0.823.